The molecule has 1 atom stereocenters. The van der Waals surface area contributed by atoms with E-state index in [4.69, 9.17) is 32.8 Å². The highest BCUT2D eigenvalue weighted by Crippen LogP contribution is 2.31. The number of hydrazine groups is 1. The highest BCUT2D eigenvalue weighted by atomic mass is 35.5. The molecule has 42 heavy (non-hydrogen) atoms. The molecule has 0 bridgehead atoms. The largest absolute Gasteiger partial charge is 0.497 e. The SMILES string of the molecule is COc1cccc(C(CO)NC(=O)CN2Cc3ncc(-c4nc(ON(N)c5ccccc5N)ncc4Cl)cc3C2=O)c1. The number of para-hydroxylation sites is 2. The molecular weight excluding hydrogens is 564 g/mol. The van der Waals surface area contributed by atoms with E-state index in [2.05, 4.69) is 20.3 Å². The summed E-state index contributed by atoms with van der Waals surface area (Å²) in [5.41, 5.74) is 8.91. The number of pyridine rings is 1. The van der Waals surface area contributed by atoms with Crippen molar-refractivity contribution in [3.05, 3.63) is 88.8 Å². The molecule has 5 rings (SSSR count). The van der Waals surface area contributed by atoms with Crippen LogP contribution < -0.4 is 31.6 Å². The maximum atomic E-state index is 13.2. The van der Waals surface area contributed by atoms with Gasteiger partial charge in [0, 0.05) is 11.8 Å². The zero-order chi connectivity index (χ0) is 29.8. The molecule has 1 aliphatic heterocycles. The van der Waals surface area contributed by atoms with Crippen LogP contribution in [0.15, 0.2) is 67.0 Å². The maximum absolute atomic E-state index is 13.2. The van der Waals surface area contributed by atoms with Crippen molar-refractivity contribution < 1.29 is 24.3 Å². The van der Waals surface area contributed by atoms with Crippen molar-refractivity contribution in [2.45, 2.75) is 12.6 Å². The van der Waals surface area contributed by atoms with Crippen molar-refractivity contribution >= 4 is 34.8 Å². The lowest BCUT2D eigenvalue weighted by Gasteiger charge is -2.20. The first-order chi connectivity index (χ1) is 20.3. The smallest absolute Gasteiger partial charge is 0.345 e. The molecule has 1 aliphatic rings. The fourth-order valence-corrected chi connectivity index (χ4v) is 4.61. The number of benzene rings is 2. The number of fused-ring (bicyclic) bond motifs is 1. The van der Waals surface area contributed by atoms with Crippen LogP contribution in [0.2, 0.25) is 5.02 Å². The van der Waals surface area contributed by atoms with Gasteiger partial charge in [0.25, 0.3) is 5.91 Å². The number of ether oxygens (including phenoxy) is 1. The summed E-state index contributed by atoms with van der Waals surface area (Å²) in [6.45, 7) is -0.423. The molecule has 0 fully saturated rings. The topological polar surface area (TPSA) is 182 Å². The quantitative estimate of drug-likeness (QED) is 0.121. The van der Waals surface area contributed by atoms with Crippen LogP contribution in [-0.2, 0) is 11.3 Å². The van der Waals surface area contributed by atoms with Gasteiger partial charge in [0.2, 0.25) is 5.91 Å². The average molecular weight is 591 g/mol. The predicted octanol–water partition coefficient (Wildman–Crippen LogP) is 2.26. The zero-order valence-electron chi connectivity index (χ0n) is 22.4. The fourth-order valence-electron chi connectivity index (χ4n) is 4.41. The molecule has 2 aromatic carbocycles. The van der Waals surface area contributed by atoms with Crippen LogP contribution in [0.5, 0.6) is 11.8 Å². The van der Waals surface area contributed by atoms with Crippen LogP contribution in [0.1, 0.15) is 27.7 Å². The Hall–Kier alpha value is -4.98. The summed E-state index contributed by atoms with van der Waals surface area (Å²) in [6, 6.07) is 14.7. The number of hydrogen-bond donors (Lipinski definition) is 4. The molecule has 4 aromatic rings. The summed E-state index contributed by atoms with van der Waals surface area (Å²) in [6.07, 6.45) is 2.86. The van der Waals surface area contributed by atoms with Gasteiger partial charge in [-0.1, -0.05) is 35.9 Å². The lowest BCUT2D eigenvalue weighted by Crippen LogP contribution is -2.40. The van der Waals surface area contributed by atoms with Gasteiger partial charge in [0.15, 0.2) is 0 Å². The Morgan fingerprint density at radius 1 is 1.19 bits per heavy atom. The minimum absolute atomic E-state index is 0.111. The first-order valence-electron chi connectivity index (χ1n) is 12.7. The number of aliphatic hydroxyl groups is 1. The van der Waals surface area contributed by atoms with Crippen molar-refractivity contribution in [1.29, 1.82) is 0 Å². The molecule has 3 heterocycles. The van der Waals surface area contributed by atoms with E-state index in [9.17, 15) is 14.7 Å². The van der Waals surface area contributed by atoms with Crippen LogP contribution in [0.3, 0.4) is 0 Å². The molecule has 6 N–H and O–H groups in total. The molecular formula is C28H27ClN8O5. The van der Waals surface area contributed by atoms with Crippen molar-refractivity contribution in [1.82, 2.24) is 25.2 Å². The summed E-state index contributed by atoms with van der Waals surface area (Å²) in [5.74, 6) is 5.76. The fraction of sp³-hybridized carbons (Fsp3) is 0.179. The Labute approximate surface area is 245 Å². The second-order valence-corrected chi connectivity index (χ2v) is 9.69. The number of nitrogens with two attached hydrogens (primary N) is 2. The van der Waals surface area contributed by atoms with E-state index in [1.54, 1.807) is 54.6 Å². The van der Waals surface area contributed by atoms with Crippen LogP contribution in [0.25, 0.3) is 11.3 Å². The highest BCUT2D eigenvalue weighted by molar-refractivity contribution is 6.32. The third-order valence-corrected chi connectivity index (χ3v) is 6.80. The van der Waals surface area contributed by atoms with E-state index >= 15 is 0 Å². The molecule has 1 unspecified atom stereocenters. The predicted molar refractivity (Wildman–Crippen MR) is 154 cm³/mol. The number of aromatic nitrogens is 3. The first-order valence-corrected chi connectivity index (χ1v) is 13.1. The highest BCUT2D eigenvalue weighted by Gasteiger charge is 2.31. The molecule has 0 aliphatic carbocycles. The number of carbonyl (C=O) groups excluding carboxylic acids is 2. The number of carbonyl (C=O) groups is 2. The zero-order valence-corrected chi connectivity index (χ0v) is 23.2. The number of aliphatic hydroxyl groups excluding tert-OH is 1. The van der Waals surface area contributed by atoms with Gasteiger partial charge < -0.3 is 30.6 Å². The third kappa shape index (κ3) is 6.02. The lowest BCUT2D eigenvalue weighted by atomic mass is 10.1. The van der Waals surface area contributed by atoms with Crippen molar-refractivity contribution in [3.8, 4) is 23.0 Å². The van der Waals surface area contributed by atoms with Crippen LogP contribution in [-0.4, -0.2) is 57.0 Å². The van der Waals surface area contributed by atoms with Gasteiger partial charge in [-0.15, -0.1) is 5.17 Å². The third-order valence-electron chi connectivity index (χ3n) is 6.53. The Kier molecular flexibility index (Phi) is 8.33. The number of methoxy groups -OCH3 is 1. The molecule has 2 amide bonds. The molecule has 0 spiro atoms. The summed E-state index contributed by atoms with van der Waals surface area (Å²) >= 11 is 6.38. The number of nitrogen functional groups attached to an aromatic ring is 1. The molecule has 0 saturated carbocycles. The lowest BCUT2D eigenvalue weighted by molar-refractivity contribution is -0.122. The van der Waals surface area contributed by atoms with Gasteiger partial charge in [-0.25, -0.2) is 10.8 Å². The molecule has 14 heteroatoms. The van der Waals surface area contributed by atoms with Crippen LogP contribution >= 0.6 is 11.6 Å². The van der Waals surface area contributed by atoms with Crippen molar-refractivity contribution in [3.63, 3.8) is 0 Å². The maximum Gasteiger partial charge on any atom is 0.345 e. The van der Waals surface area contributed by atoms with E-state index in [0.717, 1.165) is 5.17 Å². The van der Waals surface area contributed by atoms with Gasteiger partial charge in [-0.05, 0) is 35.9 Å². The Bertz CT molecular complexity index is 1640. The van der Waals surface area contributed by atoms with Gasteiger partial charge in [-0.3, -0.25) is 14.6 Å². The normalized spacial score (nSPS) is 13.0. The van der Waals surface area contributed by atoms with Crippen LogP contribution in [0.4, 0.5) is 11.4 Å². The van der Waals surface area contributed by atoms with E-state index in [1.807, 2.05) is 0 Å². The first kappa shape index (κ1) is 28.5. The van der Waals surface area contributed by atoms with Gasteiger partial charge in [-0.2, -0.15) is 4.98 Å². The number of amides is 2. The minimum atomic E-state index is -0.670. The Morgan fingerprint density at radius 2 is 2.00 bits per heavy atom. The van der Waals surface area contributed by atoms with Gasteiger partial charge in [0.1, 0.15) is 18.0 Å². The number of rotatable bonds is 10. The molecule has 0 radical (unpaired) electrons. The number of nitrogens with one attached hydrogen (secondary N) is 1. The summed E-state index contributed by atoms with van der Waals surface area (Å²) in [4.78, 5) is 45.8. The molecule has 2 aromatic heterocycles. The second-order valence-electron chi connectivity index (χ2n) is 9.28. The van der Waals surface area contributed by atoms with Crippen molar-refractivity contribution in [2.24, 2.45) is 5.84 Å². The summed E-state index contributed by atoms with van der Waals surface area (Å²) in [5, 5.41) is 13.7. The summed E-state index contributed by atoms with van der Waals surface area (Å²) in [7, 11) is 1.53. The van der Waals surface area contributed by atoms with Gasteiger partial charge in [0.05, 0.1) is 60.2 Å². The van der Waals surface area contributed by atoms with Crippen molar-refractivity contribution in [2.75, 3.05) is 31.2 Å². The van der Waals surface area contributed by atoms with E-state index in [1.165, 1.54) is 24.4 Å². The molecule has 216 valence electrons. The van der Waals surface area contributed by atoms with E-state index < -0.39 is 11.9 Å². The average Bonchev–Trinajstić information content (AvgIpc) is 3.30. The number of anilines is 2. The summed E-state index contributed by atoms with van der Waals surface area (Å²) < 4.78 is 5.22. The van der Waals surface area contributed by atoms with Crippen LogP contribution in [0, 0.1) is 0 Å². The molecule has 0 saturated heterocycles. The van der Waals surface area contributed by atoms with Gasteiger partial charge >= 0.3 is 6.01 Å². The second kappa shape index (κ2) is 12.3. The molecule has 13 nitrogen and oxygen atoms in total. The van der Waals surface area contributed by atoms with E-state index in [-0.39, 0.29) is 42.3 Å². The standard InChI is InChI=1S/C28H27ClN8O5/c1-41-18-6-4-5-16(9-18)23(15-38)34-25(39)14-36-13-22-19(27(36)40)10-17(11-32-22)26-20(29)12-33-28(35-26)42-37(31)24-8-3-2-7-21(24)30/h2-12,23,38H,13-15,30-31H2,1H3,(H,34,39). The monoisotopic (exact) mass is 590 g/mol. The number of nitrogens with zero attached hydrogens (tertiary/aromatic N) is 5. The Morgan fingerprint density at radius 3 is 2.76 bits per heavy atom. The number of hydrogen-bond acceptors (Lipinski definition) is 11. The minimum Gasteiger partial charge on any atom is -0.497 e. The number of halogens is 1. The van der Waals surface area contributed by atoms with E-state index in [0.29, 0.717) is 39.5 Å². The Balaban J connectivity index is 1.29.